The highest BCUT2D eigenvalue weighted by molar-refractivity contribution is 5.85. The van der Waals surface area contributed by atoms with Crippen LogP contribution < -0.4 is 5.32 Å². The van der Waals surface area contributed by atoms with Crippen LogP contribution in [0.3, 0.4) is 0 Å². The second-order valence-corrected chi connectivity index (χ2v) is 2.32. The molecule has 0 aromatic carbocycles. The Morgan fingerprint density at radius 2 is 2.27 bits per heavy atom. The summed E-state index contributed by atoms with van der Waals surface area (Å²) in [6.45, 7) is 0. The maximum absolute atomic E-state index is 10.3. The lowest BCUT2D eigenvalue weighted by Crippen LogP contribution is -2.34. The van der Waals surface area contributed by atoms with Gasteiger partial charge in [-0.1, -0.05) is 0 Å². The molecule has 0 aromatic heterocycles. The lowest BCUT2D eigenvalue weighted by atomic mass is 10.2. The van der Waals surface area contributed by atoms with Crippen molar-refractivity contribution in [2.45, 2.75) is 24.9 Å². The van der Waals surface area contributed by atoms with E-state index in [1.54, 1.807) is 0 Å². The molecule has 1 aliphatic heterocycles. The molecule has 2 N–H and O–H groups in total. The molecule has 0 aliphatic carbocycles. The second kappa shape index (κ2) is 4.16. The second-order valence-electron chi connectivity index (χ2n) is 2.32. The zero-order valence-corrected chi connectivity index (χ0v) is 6.60. The van der Waals surface area contributed by atoms with Crippen molar-refractivity contribution in [3.8, 4) is 6.07 Å². The number of halogens is 1. The van der Waals surface area contributed by atoms with Gasteiger partial charge in [-0.3, -0.25) is 10.1 Å². The first-order chi connectivity index (χ1) is 4.74. The van der Waals surface area contributed by atoms with E-state index >= 15 is 0 Å². The van der Waals surface area contributed by atoms with Crippen molar-refractivity contribution in [1.82, 2.24) is 5.32 Å². The fourth-order valence-electron chi connectivity index (χ4n) is 1.04. The van der Waals surface area contributed by atoms with Crippen LogP contribution in [-0.2, 0) is 4.79 Å². The van der Waals surface area contributed by atoms with E-state index in [0.717, 1.165) is 0 Å². The number of hydrogen-bond acceptors (Lipinski definition) is 3. The molecule has 0 aromatic rings. The largest absolute Gasteiger partial charge is 0.480 e. The molecule has 5 heteroatoms. The molecule has 4 nitrogen and oxygen atoms in total. The van der Waals surface area contributed by atoms with E-state index in [1.165, 1.54) is 0 Å². The fourth-order valence-corrected chi connectivity index (χ4v) is 1.04. The van der Waals surface area contributed by atoms with Gasteiger partial charge >= 0.3 is 5.97 Å². The van der Waals surface area contributed by atoms with E-state index in [1.807, 2.05) is 6.07 Å². The summed E-state index contributed by atoms with van der Waals surface area (Å²) in [5, 5.41) is 19.5. The van der Waals surface area contributed by atoms with Crippen LogP contribution in [0.15, 0.2) is 0 Å². The first-order valence-corrected chi connectivity index (χ1v) is 3.12. The summed E-state index contributed by atoms with van der Waals surface area (Å²) in [7, 11) is 0. The number of carbonyl (C=O) groups is 1. The highest BCUT2D eigenvalue weighted by Crippen LogP contribution is 2.10. The van der Waals surface area contributed by atoms with E-state index in [4.69, 9.17) is 10.4 Å². The SMILES string of the molecule is Cl.N#CC1CC[C@@H](C(=O)O)N1. The lowest BCUT2D eigenvalue weighted by molar-refractivity contribution is -0.139. The highest BCUT2D eigenvalue weighted by atomic mass is 35.5. The topological polar surface area (TPSA) is 73.1 Å². The molecule has 0 radical (unpaired) electrons. The van der Waals surface area contributed by atoms with Crippen LogP contribution in [0.1, 0.15) is 12.8 Å². The number of rotatable bonds is 1. The van der Waals surface area contributed by atoms with Crippen molar-refractivity contribution in [1.29, 1.82) is 5.26 Å². The monoisotopic (exact) mass is 176 g/mol. The zero-order valence-electron chi connectivity index (χ0n) is 5.78. The van der Waals surface area contributed by atoms with E-state index < -0.39 is 12.0 Å². The number of nitrogens with zero attached hydrogens (tertiary/aromatic N) is 1. The summed E-state index contributed by atoms with van der Waals surface area (Å²) in [6, 6.07) is 1.20. The molecule has 0 spiro atoms. The number of carboxylic acid groups (broad SMARTS) is 1. The molecule has 1 saturated heterocycles. The molecule has 11 heavy (non-hydrogen) atoms. The van der Waals surface area contributed by atoms with Crippen molar-refractivity contribution in [2.24, 2.45) is 0 Å². The van der Waals surface area contributed by atoms with Crippen LogP contribution in [0.2, 0.25) is 0 Å². The predicted molar refractivity (Wildman–Crippen MR) is 40.4 cm³/mol. The number of aliphatic carboxylic acids is 1. The van der Waals surface area contributed by atoms with Gasteiger partial charge in [-0.05, 0) is 12.8 Å². The Morgan fingerprint density at radius 1 is 1.64 bits per heavy atom. The molecule has 1 rings (SSSR count). The van der Waals surface area contributed by atoms with E-state index in [0.29, 0.717) is 12.8 Å². The molecule has 1 heterocycles. The van der Waals surface area contributed by atoms with Crippen molar-refractivity contribution < 1.29 is 9.90 Å². The maximum atomic E-state index is 10.3. The van der Waals surface area contributed by atoms with Crippen LogP contribution >= 0.6 is 12.4 Å². The summed E-state index contributed by atoms with van der Waals surface area (Å²) in [6.07, 6.45) is 1.21. The smallest absolute Gasteiger partial charge is 0.320 e. The third kappa shape index (κ3) is 2.37. The van der Waals surface area contributed by atoms with Crippen molar-refractivity contribution >= 4 is 18.4 Å². The third-order valence-electron chi connectivity index (χ3n) is 1.60. The summed E-state index contributed by atoms with van der Waals surface area (Å²) in [5.41, 5.74) is 0. The standard InChI is InChI=1S/C6H8N2O2.ClH/c7-3-4-1-2-5(8-4)6(9)10;/h4-5,8H,1-2H2,(H,9,10);1H/t4?,5-;/m0./s1. The van der Waals surface area contributed by atoms with Gasteiger partial charge in [-0.25, -0.2) is 0 Å². The first kappa shape index (κ1) is 10.2. The molecular weight excluding hydrogens is 168 g/mol. The quantitative estimate of drug-likeness (QED) is 0.596. The molecule has 1 unspecified atom stereocenters. The van der Waals surface area contributed by atoms with Gasteiger partial charge in [-0.15, -0.1) is 12.4 Å². The molecule has 0 bridgehead atoms. The van der Waals surface area contributed by atoms with Crippen LogP contribution in [-0.4, -0.2) is 23.2 Å². The van der Waals surface area contributed by atoms with Gasteiger partial charge in [-0.2, -0.15) is 5.26 Å². The van der Waals surface area contributed by atoms with Crippen molar-refractivity contribution in [3.63, 3.8) is 0 Å². The van der Waals surface area contributed by atoms with E-state index in [-0.39, 0.29) is 18.4 Å². The van der Waals surface area contributed by atoms with Crippen LogP contribution in [0.4, 0.5) is 0 Å². The molecule has 0 amide bonds. The minimum absolute atomic E-state index is 0. The minimum atomic E-state index is -0.863. The Balaban J connectivity index is 0.000001000. The van der Waals surface area contributed by atoms with Gasteiger partial charge in [0.15, 0.2) is 0 Å². The Bertz CT molecular complexity index is 190. The average molecular weight is 177 g/mol. The number of hydrogen-bond donors (Lipinski definition) is 2. The zero-order chi connectivity index (χ0) is 7.56. The maximum Gasteiger partial charge on any atom is 0.320 e. The molecular formula is C6H9ClN2O2. The normalized spacial score (nSPS) is 28.6. The third-order valence-corrected chi connectivity index (χ3v) is 1.60. The Hall–Kier alpha value is -0.790. The predicted octanol–water partition coefficient (Wildman–Crippen LogP) is 0.137. The lowest BCUT2D eigenvalue weighted by Gasteiger charge is -2.02. The molecule has 0 saturated carbocycles. The van der Waals surface area contributed by atoms with Crippen LogP contribution in [0.5, 0.6) is 0 Å². The summed E-state index contributed by atoms with van der Waals surface area (Å²) in [4.78, 5) is 10.3. The number of carboxylic acids is 1. The summed E-state index contributed by atoms with van der Waals surface area (Å²) in [5.74, 6) is -0.863. The number of nitriles is 1. The highest BCUT2D eigenvalue weighted by Gasteiger charge is 2.28. The van der Waals surface area contributed by atoms with Gasteiger partial charge in [0.25, 0.3) is 0 Å². The molecule has 62 valence electrons. The average Bonchev–Trinajstić information content (AvgIpc) is 2.34. The summed E-state index contributed by atoms with van der Waals surface area (Å²) >= 11 is 0. The van der Waals surface area contributed by atoms with Gasteiger partial charge in [0.05, 0.1) is 12.1 Å². The Labute approximate surface area is 70.6 Å². The first-order valence-electron chi connectivity index (χ1n) is 3.12. The van der Waals surface area contributed by atoms with Gasteiger partial charge in [0.2, 0.25) is 0 Å². The summed E-state index contributed by atoms with van der Waals surface area (Å²) < 4.78 is 0. The van der Waals surface area contributed by atoms with Gasteiger partial charge in [0, 0.05) is 0 Å². The van der Waals surface area contributed by atoms with E-state index in [9.17, 15) is 4.79 Å². The Morgan fingerprint density at radius 3 is 2.55 bits per heavy atom. The van der Waals surface area contributed by atoms with Crippen molar-refractivity contribution in [2.75, 3.05) is 0 Å². The Kier molecular flexibility index (Phi) is 3.86. The van der Waals surface area contributed by atoms with Gasteiger partial charge in [0.1, 0.15) is 6.04 Å². The van der Waals surface area contributed by atoms with Crippen molar-refractivity contribution in [3.05, 3.63) is 0 Å². The molecule has 1 aliphatic rings. The number of nitrogens with one attached hydrogen (secondary N) is 1. The molecule has 2 atom stereocenters. The molecule has 1 fully saturated rings. The minimum Gasteiger partial charge on any atom is -0.480 e. The van der Waals surface area contributed by atoms with E-state index in [2.05, 4.69) is 5.32 Å². The van der Waals surface area contributed by atoms with Crippen LogP contribution in [0, 0.1) is 11.3 Å². The fraction of sp³-hybridized carbons (Fsp3) is 0.667. The van der Waals surface area contributed by atoms with Gasteiger partial charge < -0.3 is 5.11 Å². The van der Waals surface area contributed by atoms with Crippen LogP contribution in [0.25, 0.3) is 0 Å².